The smallest absolute Gasteiger partial charge is 0.372 e. The Morgan fingerprint density at radius 2 is 1.90 bits per heavy atom. The third-order valence-corrected chi connectivity index (χ3v) is 2.97. The van der Waals surface area contributed by atoms with E-state index in [4.69, 9.17) is 5.73 Å². The van der Waals surface area contributed by atoms with Crippen molar-refractivity contribution in [1.82, 2.24) is 5.32 Å². The SMILES string of the molecule is CC(CN)(NC(=O)CCOCC(F)(F)F)c1ccccc1. The summed E-state index contributed by atoms with van der Waals surface area (Å²) in [5.41, 5.74) is 5.77. The van der Waals surface area contributed by atoms with Crippen LogP contribution in [0.1, 0.15) is 18.9 Å². The van der Waals surface area contributed by atoms with Crippen LogP contribution in [0.25, 0.3) is 0 Å². The lowest BCUT2D eigenvalue weighted by atomic mass is 9.92. The fraction of sp³-hybridized carbons (Fsp3) is 0.500. The summed E-state index contributed by atoms with van der Waals surface area (Å²) in [5.74, 6) is -0.408. The lowest BCUT2D eigenvalue weighted by molar-refractivity contribution is -0.174. The zero-order chi connectivity index (χ0) is 15.9. The number of benzene rings is 1. The molecule has 3 N–H and O–H groups in total. The maximum Gasteiger partial charge on any atom is 0.411 e. The molecule has 0 aliphatic heterocycles. The number of nitrogens with two attached hydrogens (primary N) is 1. The highest BCUT2D eigenvalue weighted by molar-refractivity contribution is 5.77. The predicted molar refractivity (Wildman–Crippen MR) is 72.5 cm³/mol. The van der Waals surface area contributed by atoms with Crippen LogP contribution in [0.4, 0.5) is 13.2 Å². The first-order valence-electron chi connectivity index (χ1n) is 6.48. The van der Waals surface area contributed by atoms with Crippen molar-refractivity contribution >= 4 is 5.91 Å². The van der Waals surface area contributed by atoms with E-state index in [1.165, 1.54) is 0 Å². The van der Waals surface area contributed by atoms with E-state index in [2.05, 4.69) is 10.1 Å². The molecule has 1 aromatic carbocycles. The third-order valence-electron chi connectivity index (χ3n) is 2.97. The van der Waals surface area contributed by atoms with E-state index in [9.17, 15) is 18.0 Å². The van der Waals surface area contributed by atoms with Gasteiger partial charge in [-0.2, -0.15) is 13.2 Å². The van der Waals surface area contributed by atoms with Crippen LogP contribution in [0.2, 0.25) is 0 Å². The first-order chi connectivity index (χ1) is 9.77. The molecule has 7 heteroatoms. The summed E-state index contributed by atoms with van der Waals surface area (Å²) in [6, 6.07) is 9.14. The number of nitrogens with one attached hydrogen (secondary N) is 1. The van der Waals surface area contributed by atoms with E-state index in [0.29, 0.717) is 0 Å². The molecule has 1 aromatic rings. The zero-order valence-electron chi connectivity index (χ0n) is 11.7. The molecule has 0 fully saturated rings. The van der Waals surface area contributed by atoms with Crippen molar-refractivity contribution in [1.29, 1.82) is 0 Å². The van der Waals surface area contributed by atoms with Gasteiger partial charge in [0.2, 0.25) is 5.91 Å². The lowest BCUT2D eigenvalue weighted by Gasteiger charge is -2.30. The highest BCUT2D eigenvalue weighted by Gasteiger charge is 2.28. The minimum absolute atomic E-state index is 0.154. The van der Waals surface area contributed by atoms with Gasteiger partial charge in [-0.3, -0.25) is 4.79 Å². The fourth-order valence-electron chi connectivity index (χ4n) is 1.77. The van der Waals surface area contributed by atoms with Crippen molar-refractivity contribution in [2.75, 3.05) is 19.8 Å². The first-order valence-corrected chi connectivity index (χ1v) is 6.48. The molecule has 0 spiro atoms. The number of hydrogen-bond acceptors (Lipinski definition) is 3. The zero-order valence-corrected chi connectivity index (χ0v) is 11.7. The second-order valence-electron chi connectivity index (χ2n) is 4.87. The summed E-state index contributed by atoms with van der Waals surface area (Å²) < 4.78 is 40.1. The molecule has 1 unspecified atom stereocenters. The minimum Gasteiger partial charge on any atom is -0.372 e. The van der Waals surface area contributed by atoms with Gasteiger partial charge >= 0.3 is 6.18 Å². The number of ether oxygens (including phenoxy) is 1. The van der Waals surface area contributed by atoms with Crippen molar-refractivity contribution in [3.8, 4) is 0 Å². The van der Waals surface area contributed by atoms with Gasteiger partial charge in [0.25, 0.3) is 0 Å². The molecule has 1 amide bonds. The minimum atomic E-state index is -4.38. The molecule has 1 rings (SSSR count). The Morgan fingerprint density at radius 1 is 1.29 bits per heavy atom. The molecule has 0 aromatic heterocycles. The van der Waals surface area contributed by atoms with Gasteiger partial charge in [-0.1, -0.05) is 30.3 Å². The standard InChI is InChI=1S/C14H19F3N2O2/c1-13(9-18,11-5-3-2-4-6-11)19-12(20)7-8-21-10-14(15,16)17/h2-6H,7-10,18H2,1H3,(H,19,20). The molecule has 0 saturated carbocycles. The van der Waals surface area contributed by atoms with Gasteiger partial charge in [0.1, 0.15) is 6.61 Å². The monoisotopic (exact) mass is 304 g/mol. The molecule has 0 radical (unpaired) electrons. The Bertz CT molecular complexity index is 451. The van der Waals surface area contributed by atoms with Crippen molar-refractivity contribution in [3.05, 3.63) is 35.9 Å². The number of amides is 1. The first kappa shape index (κ1) is 17.5. The number of carbonyl (C=O) groups excluding carboxylic acids is 1. The average Bonchev–Trinajstić information content (AvgIpc) is 2.43. The molecular weight excluding hydrogens is 285 g/mol. The Hall–Kier alpha value is -1.60. The van der Waals surface area contributed by atoms with Gasteiger partial charge in [-0.15, -0.1) is 0 Å². The maximum atomic E-state index is 11.9. The van der Waals surface area contributed by atoms with Crippen LogP contribution in [0.15, 0.2) is 30.3 Å². The number of hydrogen-bond donors (Lipinski definition) is 2. The van der Waals surface area contributed by atoms with Gasteiger partial charge < -0.3 is 15.8 Å². The number of carbonyl (C=O) groups is 1. The molecule has 0 aliphatic carbocycles. The van der Waals surface area contributed by atoms with Crippen LogP contribution in [0, 0.1) is 0 Å². The third kappa shape index (κ3) is 6.14. The molecule has 4 nitrogen and oxygen atoms in total. The number of rotatable bonds is 7. The summed E-state index contributed by atoms with van der Waals surface area (Å²) >= 11 is 0. The Morgan fingerprint density at radius 3 is 2.43 bits per heavy atom. The topological polar surface area (TPSA) is 64.3 Å². The molecule has 0 bridgehead atoms. The van der Waals surface area contributed by atoms with Crippen LogP contribution in [0.5, 0.6) is 0 Å². The van der Waals surface area contributed by atoms with Crippen molar-refractivity contribution in [2.24, 2.45) is 5.73 Å². The van der Waals surface area contributed by atoms with E-state index in [1.54, 1.807) is 6.92 Å². The lowest BCUT2D eigenvalue weighted by Crippen LogP contribution is -2.49. The highest BCUT2D eigenvalue weighted by atomic mass is 19.4. The molecule has 0 aliphatic rings. The van der Waals surface area contributed by atoms with E-state index >= 15 is 0 Å². The van der Waals surface area contributed by atoms with Crippen LogP contribution in [-0.4, -0.2) is 31.8 Å². The summed E-state index contributed by atoms with van der Waals surface area (Å²) in [6.45, 7) is 0.289. The Kier molecular flexibility index (Phi) is 6.17. The second kappa shape index (κ2) is 7.42. The summed E-state index contributed by atoms with van der Waals surface area (Å²) in [6.07, 6.45) is -4.54. The molecule has 0 heterocycles. The largest absolute Gasteiger partial charge is 0.411 e. The van der Waals surface area contributed by atoms with Crippen LogP contribution >= 0.6 is 0 Å². The molecule has 118 valence electrons. The highest BCUT2D eigenvalue weighted by Crippen LogP contribution is 2.19. The van der Waals surface area contributed by atoms with Crippen molar-refractivity contribution < 1.29 is 22.7 Å². The van der Waals surface area contributed by atoms with Crippen LogP contribution < -0.4 is 11.1 Å². The average molecular weight is 304 g/mol. The molecular formula is C14H19F3N2O2. The van der Waals surface area contributed by atoms with E-state index in [-0.39, 0.29) is 19.6 Å². The van der Waals surface area contributed by atoms with E-state index in [1.807, 2.05) is 30.3 Å². The van der Waals surface area contributed by atoms with Gasteiger partial charge in [-0.25, -0.2) is 0 Å². The number of halogens is 3. The van der Waals surface area contributed by atoms with Gasteiger partial charge in [0.05, 0.1) is 12.1 Å². The van der Waals surface area contributed by atoms with Gasteiger partial charge in [0.15, 0.2) is 0 Å². The molecule has 1 atom stereocenters. The predicted octanol–water partition coefficient (Wildman–Crippen LogP) is 1.95. The van der Waals surface area contributed by atoms with Crippen LogP contribution in [0.3, 0.4) is 0 Å². The van der Waals surface area contributed by atoms with Crippen LogP contribution in [-0.2, 0) is 15.1 Å². The summed E-state index contributed by atoms with van der Waals surface area (Å²) in [4.78, 5) is 11.8. The van der Waals surface area contributed by atoms with Crippen molar-refractivity contribution in [2.45, 2.75) is 25.1 Å². The Balaban J connectivity index is 2.48. The Labute approximate surface area is 121 Å². The number of alkyl halides is 3. The maximum absolute atomic E-state index is 11.9. The normalized spacial score (nSPS) is 14.5. The second-order valence-corrected chi connectivity index (χ2v) is 4.87. The van der Waals surface area contributed by atoms with Gasteiger partial charge in [-0.05, 0) is 12.5 Å². The molecule has 21 heavy (non-hydrogen) atoms. The quantitative estimate of drug-likeness (QED) is 0.757. The summed E-state index contributed by atoms with van der Waals surface area (Å²) in [7, 11) is 0. The van der Waals surface area contributed by atoms with E-state index < -0.39 is 24.2 Å². The van der Waals surface area contributed by atoms with Gasteiger partial charge in [0, 0.05) is 13.0 Å². The molecule has 0 saturated heterocycles. The van der Waals surface area contributed by atoms with Crippen molar-refractivity contribution in [3.63, 3.8) is 0 Å². The fourth-order valence-corrected chi connectivity index (χ4v) is 1.77. The van der Waals surface area contributed by atoms with E-state index in [0.717, 1.165) is 5.56 Å². The summed E-state index contributed by atoms with van der Waals surface area (Å²) in [5, 5.41) is 2.73.